The fraction of sp³-hybridized carbons (Fsp3) is 0.929. The van der Waals surface area contributed by atoms with Crippen LogP contribution in [0.4, 0.5) is 0 Å². The Labute approximate surface area is 205 Å². The first kappa shape index (κ1) is 31.9. The first-order valence-corrected chi connectivity index (χ1v) is 14.0. The van der Waals surface area contributed by atoms with Crippen LogP contribution in [0.3, 0.4) is 0 Å². The molecule has 5 heteroatoms. The summed E-state index contributed by atoms with van der Waals surface area (Å²) in [5, 5.41) is 1.19. The number of unbranched alkanes of at least 4 members (excludes halogenated alkanes) is 11. The van der Waals surface area contributed by atoms with E-state index in [4.69, 9.17) is 9.57 Å². The number of ether oxygens (including phenoxy) is 1. The van der Waals surface area contributed by atoms with Gasteiger partial charge in [0.15, 0.2) is 0 Å². The largest absolute Gasteiger partial charge is 0.466 e. The fourth-order valence-corrected chi connectivity index (χ4v) is 4.30. The Morgan fingerprint density at radius 1 is 0.667 bits per heavy atom. The molecule has 0 aromatic rings. The van der Waals surface area contributed by atoms with Gasteiger partial charge in [-0.3, -0.25) is 14.4 Å². The summed E-state index contributed by atoms with van der Waals surface area (Å²) in [5.74, 6) is 0.521. The van der Waals surface area contributed by atoms with Crippen molar-refractivity contribution in [1.29, 1.82) is 0 Å². The molecule has 0 radical (unpaired) electrons. The molecule has 0 N–H and O–H groups in total. The summed E-state index contributed by atoms with van der Waals surface area (Å²) in [5.41, 5.74) is 0. The lowest BCUT2D eigenvalue weighted by Gasteiger charge is -2.17. The Hall–Kier alpha value is -1.10. The smallest absolute Gasteiger partial charge is 0.305 e. The van der Waals surface area contributed by atoms with Crippen LogP contribution in [0.5, 0.6) is 0 Å². The Balaban J connectivity index is 3.97. The molecule has 0 saturated carbocycles. The van der Waals surface area contributed by atoms with Crippen molar-refractivity contribution in [3.05, 3.63) is 0 Å². The third-order valence-corrected chi connectivity index (χ3v) is 6.60. The molecule has 0 aliphatic carbocycles. The second kappa shape index (κ2) is 24.0. The van der Waals surface area contributed by atoms with E-state index in [1.165, 1.54) is 108 Å². The topological polar surface area (TPSA) is 55.8 Å². The highest BCUT2D eigenvalue weighted by atomic mass is 16.7. The van der Waals surface area contributed by atoms with Gasteiger partial charge in [-0.2, -0.15) is 0 Å². The van der Waals surface area contributed by atoms with E-state index in [9.17, 15) is 9.59 Å². The Morgan fingerprint density at radius 2 is 1.15 bits per heavy atom. The first-order valence-electron chi connectivity index (χ1n) is 14.0. The zero-order valence-electron chi connectivity index (χ0n) is 22.5. The summed E-state index contributed by atoms with van der Waals surface area (Å²) in [6.45, 7) is 5.05. The molecule has 0 atom stereocenters. The van der Waals surface area contributed by atoms with Crippen molar-refractivity contribution < 1.29 is 19.2 Å². The van der Waals surface area contributed by atoms with Gasteiger partial charge in [-0.1, -0.05) is 110 Å². The van der Waals surface area contributed by atoms with Gasteiger partial charge in [0, 0.05) is 19.9 Å². The van der Waals surface area contributed by atoms with Crippen LogP contribution in [0.15, 0.2) is 0 Å². The van der Waals surface area contributed by atoms with Gasteiger partial charge in [-0.05, 0) is 25.2 Å². The highest BCUT2D eigenvalue weighted by Gasteiger charge is 2.11. The van der Waals surface area contributed by atoms with Gasteiger partial charge in [0.2, 0.25) is 5.91 Å². The van der Waals surface area contributed by atoms with Crippen LogP contribution in [0.2, 0.25) is 0 Å². The Bertz CT molecular complexity index is 439. The third-order valence-electron chi connectivity index (χ3n) is 6.60. The lowest BCUT2D eigenvalue weighted by Crippen LogP contribution is -2.25. The molecule has 0 fully saturated rings. The van der Waals surface area contributed by atoms with Gasteiger partial charge >= 0.3 is 5.97 Å². The molecule has 0 bridgehead atoms. The van der Waals surface area contributed by atoms with Crippen molar-refractivity contribution in [2.75, 3.05) is 20.8 Å². The van der Waals surface area contributed by atoms with Crippen LogP contribution in [-0.4, -0.2) is 37.7 Å². The maximum absolute atomic E-state index is 11.9. The Kier molecular flexibility index (Phi) is 23.2. The summed E-state index contributed by atoms with van der Waals surface area (Å²) >= 11 is 0. The molecular weight excluding hydrogens is 414 g/mol. The van der Waals surface area contributed by atoms with E-state index in [-0.39, 0.29) is 11.9 Å². The number of carbonyl (C=O) groups is 2. The highest BCUT2D eigenvalue weighted by Crippen LogP contribution is 2.24. The second-order valence-corrected chi connectivity index (χ2v) is 9.62. The van der Waals surface area contributed by atoms with E-state index in [0.29, 0.717) is 25.9 Å². The number of esters is 1. The average molecular weight is 470 g/mol. The van der Waals surface area contributed by atoms with E-state index < -0.39 is 0 Å². The van der Waals surface area contributed by atoms with Crippen molar-refractivity contribution in [3.63, 3.8) is 0 Å². The summed E-state index contributed by atoms with van der Waals surface area (Å²) in [6, 6.07) is 0. The standard InChI is InChI=1S/C28H55NO4/c1-5-7-9-11-13-15-20-26(21-16-14-12-10-8-6-2)22-17-18-25-33-28(31)24-19-23-27(30)29(3)32-4/h26H,5-25H2,1-4H3. The summed E-state index contributed by atoms with van der Waals surface area (Å²) in [6.07, 6.45) is 23.6. The number of nitrogens with zero attached hydrogens (tertiary/aromatic N) is 1. The molecule has 0 aliphatic rings. The number of amides is 1. The number of hydrogen-bond acceptors (Lipinski definition) is 4. The number of rotatable bonds is 24. The minimum Gasteiger partial charge on any atom is -0.466 e. The van der Waals surface area contributed by atoms with Gasteiger partial charge in [-0.15, -0.1) is 0 Å². The number of carbonyl (C=O) groups excluding carboxylic acids is 2. The summed E-state index contributed by atoms with van der Waals surface area (Å²) < 4.78 is 5.37. The minimum absolute atomic E-state index is 0.118. The lowest BCUT2D eigenvalue weighted by molar-refractivity contribution is -0.168. The molecule has 0 aliphatic heterocycles. The van der Waals surface area contributed by atoms with Gasteiger partial charge in [0.05, 0.1) is 13.7 Å². The minimum atomic E-state index is -0.196. The van der Waals surface area contributed by atoms with Crippen LogP contribution in [0.25, 0.3) is 0 Å². The maximum Gasteiger partial charge on any atom is 0.305 e. The van der Waals surface area contributed by atoms with Crippen molar-refractivity contribution in [1.82, 2.24) is 5.06 Å². The first-order chi connectivity index (χ1) is 16.0. The molecule has 0 saturated heterocycles. The second-order valence-electron chi connectivity index (χ2n) is 9.62. The van der Waals surface area contributed by atoms with Crippen molar-refractivity contribution in [2.45, 2.75) is 142 Å². The molecule has 0 spiro atoms. The molecular formula is C28H55NO4. The molecule has 1 amide bonds. The Morgan fingerprint density at radius 3 is 1.67 bits per heavy atom. The van der Waals surface area contributed by atoms with E-state index >= 15 is 0 Å². The monoisotopic (exact) mass is 469 g/mol. The van der Waals surface area contributed by atoms with Gasteiger partial charge < -0.3 is 4.74 Å². The van der Waals surface area contributed by atoms with Crippen LogP contribution in [-0.2, 0) is 19.2 Å². The summed E-state index contributed by atoms with van der Waals surface area (Å²) in [4.78, 5) is 28.4. The zero-order valence-corrected chi connectivity index (χ0v) is 22.5. The van der Waals surface area contributed by atoms with Crippen LogP contribution >= 0.6 is 0 Å². The maximum atomic E-state index is 11.9. The van der Waals surface area contributed by atoms with Crippen molar-refractivity contribution in [3.8, 4) is 0 Å². The number of hydroxylamine groups is 2. The molecule has 0 rings (SSSR count). The normalized spacial score (nSPS) is 11.2. The van der Waals surface area contributed by atoms with Crippen molar-refractivity contribution >= 4 is 11.9 Å². The lowest BCUT2D eigenvalue weighted by atomic mass is 9.90. The highest BCUT2D eigenvalue weighted by molar-refractivity contribution is 5.76. The quantitative estimate of drug-likeness (QED) is 0.0816. The van der Waals surface area contributed by atoms with Gasteiger partial charge in [-0.25, -0.2) is 5.06 Å². The van der Waals surface area contributed by atoms with E-state index in [2.05, 4.69) is 13.8 Å². The molecule has 196 valence electrons. The van der Waals surface area contributed by atoms with E-state index in [0.717, 1.165) is 18.8 Å². The van der Waals surface area contributed by atoms with Gasteiger partial charge in [0.1, 0.15) is 0 Å². The predicted molar refractivity (Wildman–Crippen MR) is 138 cm³/mol. The molecule has 0 aromatic carbocycles. The number of hydrogen-bond donors (Lipinski definition) is 0. The SMILES string of the molecule is CCCCCCCCC(CCCCCCCC)CCCCOC(=O)CCCC(=O)N(C)OC. The van der Waals surface area contributed by atoms with E-state index in [1.807, 2.05) is 0 Å². The molecule has 0 aromatic heterocycles. The van der Waals surface area contributed by atoms with E-state index in [1.54, 1.807) is 7.05 Å². The summed E-state index contributed by atoms with van der Waals surface area (Å²) in [7, 11) is 3.03. The van der Waals surface area contributed by atoms with Crippen LogP contribution in [0.1, 0.15) is 142 Å². The molecule has 33 heavy (non-hydrogen) atoms. The molecule has 5 nitrogen and oxygen atoms in total. The van der Waals surface area contributed by atoms with Crippen LogP contribution in [0, 0.1) is 5.92 Å². The zero-order chi connectivity index (χ0) is 24.6. The van der Waals surface area contributed by atoms with Crippen LogP contribution < -0.4 is 0 Å². The van der Waals surface area contributed by atoms with Crippen molar-refractivity contribution in [2.24, 2.45) is 5.92 Å². The average Bonchev–Trinajstić information content (AvgIpc) is 2.81. The molecule has 0 unspecified atom stereocenters. The fourth-order valence-electron chi connectivity index (χ4n) is 4.30. The third kappa shape index (κ3) is 21.2. The predicted octanol–water partition coefficient (Wildman–Crippen LogP) is 8.01. The van der Waals surface area contributed by atoms with Gasteiger partial charge in [0.25, 0.3) is 0 Å². The molecule has 0 heterocycles.